The first-order chi connectivity index (χ1) is 10.6. The van der Waals surface area contributed by atoms with Crippen LogP contribution in [0.4, 0.5) is 0 Å². The molecule has 0 N–H and O–H groups in total. The Bertz CT molecular complexity index is 381. The fourth-order valence-electron chi connectivity index (χ4n) is 3.48. The minimum Gasteiger partial charge on any atom is -0.465 e. The van der Waals surface area contributed by atoms with Crippen LogP contribution in [0.3, 0.4) is 0 Å². The summed E-state index contributed by atoms with van der Waals surface area (Å²) in [7, 11) is 0. The maximum Gasteiger partial charge on any atom is 0.309 e. The molecule has 2 rings (SSSR count). The lowest BCUT2D eigenvalue weighted by Crippen LogP contribution is -2.45. The quantitative estimate of drug-likeness (QED) is 0.428. The summed E-state index contributed by atoms with van der Waals surface area (Å²) in [6, 6.07) is -0.783. The van der Waals surface area contributed by atoms with Gasteiger partial charge in [0.05, 0.1) is 18.6 Å². The van der Waals surface area contributed by atoms with Crippen LogP contribution in [-0.4, -0.2) is 35.7 Å². The molecule has 3 atom stereocenters. The van der Waals surface area contributed by atoms with E-state index in [0.717, 1.165) is 32.1 Å². The molecule has 0 aromatic rings. The number of carbonyl (C=O) groups is 1. The van der Waals surface area contributed by atoms with Crippen molar-refractivity contribution in [2.75, 3.05) is 6.61 Å². The van der Waals surface area contributed by atoms with Crippen LogP contribution in [-0.2, 0) is 14.3 Å². The van der Waals surface area contributed by atoms with Crippen LogP contribution < -0.4 is 0 Å². The molecule has 6 heteroatoms. The molecule has 0 bridgehead atoms. The van der Waals surface area contributed by atoms with Gasteiger partial charge < -0.3 is 9.47 Å². The monoisotopic (exact) mass is 313 g/mol. The van der Waals surface area contributed by atoms with E-state index in [-0.39, 0.29) is 35.4 Å². The predicted octanol–water partition coefficient (Wildman–Crippen LogP) is 3.10. The van der Waals surface area contributed by atoms with Crippen LogP contribution in [0.15, 0.2) is 0 Å². The molecule has 22 heavy (non-hydrogen) atoms. The highest BCUT2D eigenvalue weighted by atomic mass is 16.6. The third-order valence-corrected chi connectivity index (χ3v) is 4.73. The van der Waals surface area contributed by atoms with Gasteiger partial charge in [0.15, 0.2) is 0 Å². The molecular weight excluding hydrogens is 286 g/mol. The van der Waals surface area contributed by atoms with Gasteiger partial charge in [-0.25, -0.2) is 0 Å². The molecule has 2 saturated carbocycles. The van der Waals surface area contributed by atoms with Crippen LogP contribution >= 0.6 is 0 Å². The molecule has 0 aromatic carbocycles. The van der Waals surface area contributed by atoms with Crippen LogP contribution in [0.2, 0.25) is 0 Å². The maximum absolute atomic E-state index is 11.9. The van der Waals surface area contributed by atoms with Gasteiger partial charge in [-0.2, -0.15) is 0 Å². The first-order valence-corrected chi connectivity index (χ1v) is 8.57. The van der Waals surface area contributed by atoms with Crippen LogP contribution in [0.25, 0.3) is 0 Å². The first kappa shape index (κ1) is 17.2. The average molecular weight is 313 g/mol. The molecule has 3 unspecified atom stereocenters. The fourth-order valence-corrected chi connectivity index (χ4v) is 3.48. The van der Waals surface area contributed by atoms with Gasteiger partial charge in [0.1, 0.15) is 6.10 Å². The Kier molecular flexibility index (Phi) is 6.61. The van der Waals surface area contributed by atoms with E-state index in [4.69, 9.17) is 9.47 Å². The van der Waals surface area contributed by atoms with E-state index < -0.39 is 6.04 Å². The molecular formula is C16H27NO5. The molecule has 0 saturated heterocycles. The molecule has 0 heterocycles. The van der Waals surface area contributed by atoms with Crippen molar-refractivity contribution in [2.45, 2.75) is 83.0 Å². The summed E-state index contributed by atoms with van der Waals surface area (Å²) in [5.41, 5.74) is 0. The Morgan fingerprint density at radius 2 is 1.91 bits per heavy atom. The molecule has 2 aliphatic carbocycles. The van der Waals surface area contributed by atoms with Crippen LogP contribution in [0.1, 0.15) is 64.7 Å². The van der Waals surface area contributed by atoms with Gasteiger partial charge in [-0.3, -0.25) is 14.9 Å². The second-order valence-electron chi connectivity index (χ2n) is 6.46. The van der Waals surface area contributed by atoms with E-state index in [1.807, 2.05) is 6.92 Å². The van der Waals surface area contributed by atoms with Gasteiger partial charge in [-0.15, -0.1) is 0 Å². The maximum atomic E-state index is 11.9. The zero-order chi connectivity index (χ0) is 15.9. The number of ether oxygens (including phenoxy) is 2. The third kappa shape index (κ3) is 4.66. The lowest BCUT2D eigenvalue weighted by atomic mass is 9.83. The first-order valence-electron chi connectivity index (χ1n) is 8.57. The molecule has 0 radical (unpaired) electrons. The van der Waals surface area contributed by atoms with E-state index >= 15 is 0 Å². The number of nitrogens with zero attached hydrogens (tertiary/aromatic N) is 1. The van der Waals surface area contributed by atoms with E-state index in [2.05, 4.69) is 0 Å². The summed E-state index contributed by atoms with van der Waals surface area (Å²) in [4.78, 5) is 23.0. The number of hydrogen-bond acceptors (Lipinski definition) is 5. The average Bonchev–Trinajstić information content (AvgIpc) is 2.53. The van der Waals surface area contributed by atoms with Gasteiger partial charge in [-0.05, 0) is 32.1 Å². The second-order valence-corrected chi connectivity index (χ2v) is 6.46. The summed E-state index contributed by atoms with van der Waals surface area (Å²) in [5, 5.41) is 11.4. The van der Waals surface area contributed by atoms with Crippen LogP contribution in [0.5, 0.6) is 0 Å². The lowest BCUT2D eigenvalue weighted by molar-refractivity contribution is -0.541. The van der Waals surface area contributed by atoms with Gasteiger partial charge in [-0.1, -0.05) is 26.2 Å². The van der Waals surface area contributed by atoms with Crippen molar-refractivity contribution in [3.63, 3.8) is 0 Å². The summed E-state index contributed by atoms with van der Waals surface area (Å²) >= 11 is 0. The van der Waals surface area contributed by atoms with E-state index in [1.165, 1.54) is 6.42 Å². The highest BCUT2D eigenvalue weighted by Crippen LogP contribution is 2.32. The molecule has 0 aliphatic heterocycles. The number of hydrogen-bond donors (Lipinski definition) is 0. The molecule has 0 spiro atoms. The number of carbonyl (C=O) groups excluding carboxylic acids is 1. The van der Waals surface area contributed by atoms with E-state index in [9.17, 15) is 14.9 Å². The number of nitro groups is 1. The predicted molar refractivity (Wildman–Crippen MR) is 81.1 cm³/mol. The van der Waals surface area contributed by atoms with Gasteiger partial charge >= 0.3 is 5.97 Å². The zero-order valence-electron chi connectivity index (χ0n) is 13.4. The molecule has 2 fully saturated rings. The molecule has 6 nitrogen and oxygen atoms in total. The Balaban J connectivity index is 1.90. The van der Waals surface area contributed by atoms with Crippen molar-refractivity contribution in [1.82, 2.24) is 0 Å². The van der Waals surface area contributed by atoms with Crippen molar-refractivity contribution in [1.29, 1.82) is 0 Å². The Morgan fingerprint density at radius 1 is 1.18 bits per heavy atom. The van der Waals surface area contributed by atoms with Crippen molar-refractivity contribution in [2.24, 2.45) is 5.92 Å². The fraction of sp³-hybridized carbons (Fsp3) is 0.938. The standard InChI is InChI=1S/C16H27NO5/c1-2-10-21-16(18)12-8-9-15(14(11-12)17(19)20)22-13-6-4-3-5-7-13/h12-15H,2-11H2,1H3. The highest BCUT2D eigenvalue weighted by Gasteiger charge is 2.43. The third-order valence-electron chi connectivity index (χ3n) is 4.73. The lowest BCUT2D eigenvalue weighted by Gasteiger charge is -2.33. The minimum absolute atomic E-state index is 0.157. The van der Waals surface area contributed by atoms with Gasteiger partial charge in [0.2, 0.25) is 6.04 Å². The van der Waals surface area contributed by atoms with E-state index in [0.29, 0.717) is 19.4 Å². The smallest absolute Gasteiger partial charge is 0.309 e. The minimum atomic E-state index is -0.783. The molecule has 2 aliphatic rings. The van der Waals surface area contributed by atoms with E-state index in [1.54, 1.807) is 0 Å². The Labute approximate surface area is 131 Å². The van der Waals surface area contributed by atoms with Crippen molar-refractivity contribution in [3.8, 4) is 0 Å². The Morgan fingerprint density at radius 3 is 2.55 bits per heavy atom. The zero-order valence-corrected chi connectivity index (χ0v) is 13.4. The van der Waals surface area contributed by atoms with Crippen molar-refractivity contribution in [3.05, 3.63) is 10.1 Å². The van der Waals surface area contributed by atoms with Crippen molar-refractivity contribution < 1.29 is 19.2 Å². The van der Waals surface area contributed by atoms with Crippen LogP contribution in [0, 0.1) is 16.0 Å². The highest BCUT2D eigenvalue weighted by molar-refractivity contribution is 5.72. The molecule has 0 aromatic heterocycles. The van der Waals surface area contributed by atoms with Crippen molar-refractivity contribution >= 4 is 5.97 Å². The second kappa shape index (κ2) is 8.46. The van der Waals surface area contributed by atoms with Gasteiger partial charge in [0, 0.05) is 11.3 Å². The molecule has 0 amide bonds. The summed E-state index contributed by atoms with van der Waals surface area (Å²) < 4.78 is 11.2. The normalized spacial score (nSPS) is 30.0. The number of rotatable bonds is 6. The largest absolute Gasteiger partial charge is 0.465 e. The topological polar surface area (TPSA) is 78.7 Å². The Hall–Kier alpha value is -1.17. The summed E-state index contributed by atoms with van der Waals surface area (Å²) in [5.74, 6) is -0.641. The molecule has 126 valence electrons. The van der Waals surface area contributed by atoms with Gasteiger partial charge in [0.25, 0.3) is 0 Å². The number of esters is 1. The summed E-state index contributed by atoms with van der Waals surface area (Å²) in [6.07, 6.45) is 7.55. The summed E-state index contributed by atoms with van der Waals surface area (Å²) in [6.45, 7) is 2.32. The SMILES string of the molecule is CCCOC(=O)C1CCC(OC2CCCCC2)C([N+](=O)[O-])C1.